The highest BCUT2D eigenvalue weighted by molar-refractivity contribution is 7.22. The molecule has 0 atom stereocenters. The number of rotatable bonds is 6. The van der Waals surface area contributed by atoms with Crippen LogP contribution < -0.4 is 20.5 Å². The number of likely N-dealkylation sites (N-methyl/N-ethyl adjacent to an activating group) is 1. The molecule has 2 aliphatic heterocycles. The fraction of sp³-hybridized carbons (Fsp3) is 0.303. The quantitative estimate of drug-likeness (QED) is 0.276. The highest BCUT2D eigenvalue weighted by Crippen LogP contribution is 2.35. The van der Waals surface area contributed by atoms with Crippen LogP contribution in [0.25, 0.3) is 10.2 Å². The first-order valence-corrected chi connectivity index (χ1v) is 15.5. The van der Waals surface area contributed by atoms with Crippen molar-refractivity contribution >= 4 is 38.2 Å². The van der Waals surface area contributed by atoms with Gasteiger partial charge in [0.05, 0.1) is 41.3 Å². The lowest BCUT2D eigenvalue weighted by Gasteiger charge is -2.35. The third-order valence-corrected chi connectivity index (χ3v) is 9.37. The van der Waals surface area contributed by atoms with Crippen LogP contribution in [0.15, 0.2) is 83.7 Å². The van der Waals surface area contributed by atoms with Crippen LogP contribution in [0, 0.1) is 6.92 Å². The van der Waals surface area contributed by atoms with Crippen LogP contribution in [-0.4, -0.2) is 59.4 Å². The van der Waals surface area contributed by atoms with Crippen molar-refractivity contribution < 1.29 is 4.74 Å². The average molecular weight is 594 g/mol. The van der Waals surface area contributed by atoms with E-state index in [2.05, 4.69) is 51.1 Å². The van der Waals surface area contributed by atoms with Crippen LogP contribution in [0.2, 0.25) is 0 Å². The molecule has 0 unspecified atom stereocenters. The molecule has 220 valence electrons. The van der Waals surface area contributed by atoms with Gasteiger partial charge in [0.1, 0.15) is 12.5 Å². The van der Waals surface area contributed by atoms with Crippen molar-refractivity contribution in [1.29, 1.82) is 0 Å². The molecule has 0 spiro atoms. The minimum absolute atomic E-state index is 0.0627. The van der Waals surface area contributed by atoms with Crippen molar-refractivity contribution in [2.75, 3.05) is 54.9 Å². The Bertz CT molecular complexity index is 1760. The molecule has 1 saturated heterocycles. The maximum atomic E-state index is 13.9. The number of ether oxygens (including phenoxy) is 1. The molecule has 5 heterocycles. The smallest absolute Gasteiger partial charge is 0.253 e. The SMILES string of the molecule is Cc1c2c(cc(=O)n1Cc1cccc(N3CCN(C)CC3)n1)N(Cc1ccccc1)N(c1nc3ccccc3s1)COC2. The molecule has 0 radical (unpaired) electrons. The van der Waals surface area contributed by atoms with E-state index in [0.29, 0.717) is 26.4 Å². The molecule has 2 aromatic carbocycles. The molecule has 10 heteroatoms. The monoisotopic (exact) mass is 593 g/mol. The summed E-state index contributed by atoms with van der Waals surface area (Å²) in [5.41, 5.74) is 5.62. The molecule has 5 aromatic rings. The van der Waals surface area contributed by atoms with E-state index in [-0.39, 0.29) is 5.56 Å². The maximum Gasteiger partial charge on any atom is 0.253 e. The highest BCUT2D eigenvalue weighted by Gasteiger charge is 2.29. The number of pyridine rings is 2. The number of piperazine rings is 1. The third-order valence-electron chi connectivity index (χ3n) is 8.32. The lowest BCUT2D eigenvalue weighted by Crippen LogP contribution is -2.44. The average Bonchev–Trinajstić information content (AvgIpc) is 3.38. The van der Waals surface area contributed by atoms with Gasteiger partial charge in [-0.05, 0) is 43.8 Å². The number of thiazole rings is 1. The first-order chi connectivity index (χ1) is 21.0. The predicted octanol–water partition coefficient (Wildman–Crippen LogP) is 4.88. The number of aromatic nitrogens is 3. The second kappa shape index (κ2) is 11.8. The van der Waals surface area contributed by atoms with E-state index in [9.17, 15) is 4.79 Å². The summed E-state index contributed by atoms with van der Waals surface area (Å²) in [5, 5.41) is 5.05. The summed E-state index contributed by atoms with van der Waals surface area (Å²) in [6, 6.07) is 26.3. The molecule has 9 nitrogen and oxygen atoms in total. The van der Waals surface area contributed by atoms with Crippen LogP contribution in [-0.2, 0) is 24.4 Å². The van der Waals surface area contributed by atoms with Gasteiger partial charge in [0.25, 0.3) is 5.56 Å². The summed E-state index contributed by atoms with van der Waals surface area (Å²) in [7, 11) is 2.15. The van der Waals surface area contributed by atoms with Gasteiger partial charge in [0.2, 0.25) is 5.13 Å². The predicted molar refractivity (Wildman–Crippen MR) is 173 cm³/mol. The van der Waals surface area contributed by atoms with Gasteiger partial charge in [-0.2, -0.15) is 0 Å². The zero-order valence-corrected chi connectivity index (χ0v) is 25.3. The Hall–Kier alpha value is -4.25. The van der Waals surface area contributed by atoms with E-state index in [4.69, 9.17) is 14.7 Å². The van der Waals surface area contributed by atoms with Gasteiger partial charge in [0, 0.05) is 43.5 Å². The van der Waals surface area contributed by atoms with Crippen molar-refractivity contribution in [3.63, 3.8) is 0 Å². The Morgan fingerprint density at radius 3 is 2.49 bits per heavy atom. The molecule has 0 N–H and O–H groups in total. The Morgan fingerprint density at radius 1 is 0.884 bits per heavy atom. The normalized spacial score (nSPS) is 16.0. The van der Waals surface area contributed by atoms with Crippen molar-refractivity contribution in [3.05, 3.63) is 112 Å². The van der Waals surface area contributed by atoms with Gasteiger partial charge in [-0.15, -0.1) is 0 Å². The van der Waals surface area contributed by atoms with E-state index >= 15 is 0 Å². The minimum atomic E-state index is -0.0627. The van der Waals surface area contributed by atoms with Gasteiger partial charge in [-0.1, -0.05) is 59.9 Å². The van der Waals surface area contributed by atoms with Gasteiger partial charge >= 0.3 is 0 Å². The number of para-hydroxylation sites is 1. The van der Waals surface area contributed by atoms with Gasteiger partial charge in [-0.3, -0.25) is 9.80 Å². The fourth-order valence-corrected chi connectivity index (χ4v) is 6.78. The lowest BCUT2D eigenvalue weighted by atomic mass is 10.1. The molecule has 0 amide bonds. The fourth-order valence-electron chi connectivity index (χ4n) is 5.82. The second-order valence-electron chi connectivity index (χ2n) is 11.2. The van der Waals surface area contributed by atoms with Crippen LogP contribution in [0.4, 0.5) is 16.6 Å². The largest absolute Gasteiger partial charge is 0.354 e. The zero-order chi connectivity index (χ0) is 29.3. The molecule has 2 aliphatic rings. The second-order valence-corrected chi connectivity index (χ2v) is 12.2. The summed E-state index contributed by atoms with van der Waals surface area (Å²) in [5.74, 6) is 0.968. The first-order valence-electron chi connectivity index (χ1n) is 14.7. The molecule has 43 heavy (non-hydrogen) atoms. The number of nitrogens with zero attached hydrogens (tertiary/aromatic N) is 7. The Morgan fingerprint density at radius 2 is 1.67 bits per heavy atom. The van der Waals surface area contributed by atoms with Crippen LogP contribution in [0.1, 0.15) is 22.5 Å². The van der Waals surface area contributed by atoms with E-state index in [0.717, 1.165) is 75.5 Å². The Kier molecular flexibility index (Phi) is 7.56. The molecular weight excluding hydrogens is 558 g/mol. The van der Waals surface area contributed by atoms with Crippen LogP contribution in [0.5, 0.6) is 0 Å². The van der Waals surface area contributed by atoms with E-state index in [1.165, 1.54) is 0 Å². The Labute approximate surface area is 255 Å². The highest BCUT2D eigenvalue weighted by atomic mass is 32.1. The third kappa shape index (κ3) is 5.61. The molecule has 1 fully saturated rings. The maximum absolute atomic E-state index is 13.9. The summed E-state index contributed by atoms with van der Waals surface area (Å²) < 4.78 is 9.23. The first kappa shape index (κ1) is 27.6. The Balaban J connectivity index is 1.26. The lowest BCUT2D eigenvalue weighted by molar-refractivity contribution is 0.124. The van der Waals surface area contributed by atoms with Gasteiger partial charge in [0.15, 0.2) is 0 Å². The van der Waals surface area contributed by atoms with Gasteiger partial charge < -0.3 is 19.1 Å². The molecule has 0 aliphatic carbocycles. The number of hydrogen-bond donors (Lipinski definition) is 0. The number of hydrazine groups is 1. The molecule has 0 saturated carbocycles. The van der Waals surface area contributed by atoms with Crippen molar-refractivity contribution in [1.82, 2.24) is 19.4 Å². The van der Waals surface area contributed by atoms with E-state index in [1.54, 1.807) is 17.4 Å². The van der Waals surface area contributed by atoms with Crippen LogP contribution in [0.3, 0.4) is 0 Å². The molecule has 7 rings (SSSR count). The molecule has 3 aromatic heterocycles. The number of benzene rings is 2. The van der Waals surface area contributed by atoms with Crippen molar-refractivity contribution in [2.45, 2.75) is 26.6 Å². The topological polar surface area (TPSA) is 70.0 Å². The summed E-state index contributed by atoms with van der Waals surface area (Å²) in [6.07, 6.45) is 0. The summed E-state index contributed by atoms with van der Waals surface area (Å²) in [6.45, 7) is 7.64. The summed E-state index contributed by atoms with van der Waals surface area (Å²) in [4.78, 5) is 28.4. The number of hydrogen-bond acceptors (Lipinski definition) is 9. The molecule has 0 bridgehead atoms. The van der Waals surface area contributed by atoms with Crippen molar-refractivity contribution in [2.24, 2.45) is 0 Å². The zero-order valence-electron chi connectivity index (χ0n) is 24.5. The summed E-state index contributed by atoms with van der Waals surface area (Å²) >= 11 is 1.62. The number of anilines is 3. The van der Waals surface area contributed by atoms with Gasteiger partial charge in [-0.25, -0.2) is 15.0 Å². The number of fused-ring (bicyclic) bond motifs is 2. The van der Waals surface area contributed by atoms with Crippen LogP contribution >= 0.6 is 11.3 Å². The van der Waals surface area contributed by atoms with E-state index in [1.807, 2.05) is 60.0 Å². The van der Waals surface area contributed by atoms with E-state index < -0.39 is 0 Å². The minimum Gasteiger partial charge on any atom is -0.354 e. The standard InChI is InChI=1S/C33H35N7O2S/c1-24-27-22-42-23-40(33-35-28-12-6-7-13-30(28)43-33)39(20-25-9-4-3-5-10-25)29(27)19-32(41)38(24)21-26-11-8-14-31(34-26)37-17-15-36(2)16-18-37/h3-14,19H,15-18,20-23H2,1-2H3. The van der Waals surface area contributed by atoms with Crippen molar-refractivity contribution in [3.8, 4) is 0 Å². The molecular formula is C33H35N7O2S.